The zero-order valence-electron chi connectivity index (χ0n) is 11.1. The van der Waals surface area contributed by atoms with Crippen LogP contribution in [0.5, 0.6) is 0 Å². The number of rotatable bonds is 4. The van der Waals surface area contributed by atoms with E-state index in [2.05, 4.69) is 5.32 Å². The summed E-state index contributed by atoms with van der Waals surface area (Å²) in [6, 6.07) is 17.3. The lowest BCUT2D eigenvalue weighted by molar-refractivity contribution is 0.137. The number of benzene rings is 2. The third-order valence-corrected chi connectivity index (χ3v) is 3.16. The first-order valence-electron chi connectivity index (χ1n) is 6.32. The molecule has 0 aliphatic rings. The number of halogens is 1. The number of carbonyl (C=O) groups is 1. The van der Waals surface area contributed by atoms with Gasteiger partial charge in [-0.1, -0.05) is 60.1 Å². The molecule has 0 unspecified atom stereocenters. The van der Waals surface area contributed by atoms with Gasteiger partial charge < -0.3 is 10.1 Å². The van der Waals surface area contributed by atoms with Crippen molar-refractivity contribution < 1.29 is 9.53 Å². The van der Waals surface area contributed by atoms with Crippen LogP contribution in [0, 0.1) is 11.3 Å². The maximum atomic E-state index is 11.7. The maximum absolute atomic E-state index is 11.7. The van der Waals surface area contributed by atoms with Crippen LogP contribution in [0.2, 0.25) is 5.02 Å². The summed E-state index contributed by atoms with van der Waals surface area (Å²) in [5.74, 6) is 0. The van der Waals surface area contributed by atoms with E-state index in [0.29, 0.717) is 10.6 Å². The number of hydrogen-bond acceptors (Lipinski definition) is 3. The van der Waals surface area contributed by atoms with Crippen molar-refractivity contribution in [1.29, 1.82) is 5.26 Å². The van der Waals surface area contributed by atoms with Gasteiger partial charge in [-0.05, 0) is 11.6 Å². The predicted octanol–water partition coefficient (Wildman–Crippen LogP) is 3.83. The Morgan fingerprint density at radius 1 is 1.19 bits per heavy atom. The van der Waals surface area contributed by atoms with Gasteiger partial charge in [-0.15, -0.1) is 0 Å². The minimum absolute atomic E-state index is 0.146. The molecule has 5 heteroatoms. The van der Waals surface area contributed by atoms with E-state index in [-0.39, 0.29) is 6.61 Å². The lowest BCUT2D eigenvalue weighted by Gasteiger charge is -2.13. The van der Waals surface area contributed by atoms with Crippen LogP contribution >= 0.6 is 11.6 Å². The zero-order chi connectivity index (χ0) is 15.1. The lowest BCUT2D eigenvalue weighted by Crippen LogP contribution is -2.28. The standard InChI is InChI=1S/C16H13ClN2O2/c17-14-9-5-4-8-13(14)15(10-18)19-16(20)21-11-12-6-2-1-3-7-12/h1-9,15H,11H2,(H,19,20)/t15-/m1/s1. The molecule has 2 rings (SSSR count). The Morgan fingerprint density at radius 3 is 2.52 bits per heavy atom. The summed E-state index contributed by atoms with van der Waals surface area (Å²) in [7, 11) is 0. The number of ether oxygens (including phenoxy) is 1. The van der Waals surface area contributed by atoms with E-state index in [1.165, 1.54) is 0 Å². The topological polar surface area (TPSA) is 62.1 Å². The van der Waals surface area contributed by atoms with E-state index in [1.54, 1.807) is 24.3 Å². The summed E-state index contributed by atoms with van der Waals surface area (Å²) in [6.07, 6.45) is -0.662. The van der Waals surface area contributed by atoms with E-state index < -0.39 is 12.1 Å². The summed E-state index contributed by atoms with van der Waals surface area (Å²) < 4.78 is 5.08. The molecule has 0 bridgehead atoms. The maximum Gasteiger partial charge on any atom is 0.408 e. The van der Waals surface area contributed by atoms with Gasteiger partial charge in [0.2, 0.25) is 0 Å². The molecule has 0 saturated heterocycles. The Morgan fingerprint density at radius 2 is 1.86 bits per heavy atom. The highest BCUT2D eigenvalue weighted by molar-refractivity contribution is 6.31. The molecule has 0 aliphatic carbocycles. The lowest BCUT2D eigenvalue weighted by atomic mass is 10.1. The molecule has 106 valence electrons. The van der Waals surface area contributed by atoms with Crippen LogP contribution in [0.1, 0.15) is 17.2 Å². The molecule has 2 aromatic carbocycles. The second kappa shape index (κ2) is 7.32. The van der Waals surface area contributed by atoms with Crippen molar-refractivity contribution >= 4 is 17.7 Å². The van der Waals surface area contributed by atoms with Crippen LogP contribution in [0.25, 0.3) is 0 Å². The van der Waals surface area contributed by atoms with Crippen molar-refractivity contribution in [1.82, 2.24) is 5.32 Å². The third kappa shape index (κ3) is 4.23. The van der Waals surface area contributed by atoms with E-state index in [4.69, 9.17) is 21.6 Å². The molecule has 0 heterocycles. The fraction of sp³-hybridized carbons (Fsp3) is 0.125. The molecule has 0 radical (unpaired) electrons. The monoisotopic (exact) mass is 300 g/mol. The minimum Gasteiger partial charge on any atom is -0.445 e. The summed E-state index contributed by atoms with van der Waals surface area (Å²) in [4.78, 5) is 11.7. The van der Waals surface area contributed by atoms with E-state index in [1.807, 2.05) is 36.4 Å². The first-order chi connectivity index (χ1) is 10.2. The van der Waals surface area contributed by atoms with Crippen molar-refractivity contribution in [3.8, 4) is 6.07 Å². The smallest absolute Gasteiger partial charge is 0.408 e. The van der Waals surface area contributed by atoms with Gasteiger partial charge in [-0.25, -0.2) is 4.79 Å². The fourth-order valence-corrected chi connectivity index (χ4v) is 2.02. The molecule has 1 atom stereocenters. The Bertz CT molecular complexity index is 653. The van der Waals surface area contributed by atoms with Crippen LogP contribution in [-0.2, 0) is 11.3 Å². The van der Waals surface area contributed by atoms with Gasteiger partial charge in [0.1, 0.15) is 12.6 Å². The van der Waals surface area contributed by atoms with Gasteiger partial charge in [0, 0.05) is 10.6 Å². The first kappa shape index (κ1) is 14.9. The molecule has 0 fully saturated rings. The predicted molar refractivity (Wildman–Crippen MR) is 79.6 cm³/mol. The van der Waals surface area contributed by atoms with Crippen molar-refractivity contribution in [2.75, 3.05) is 0 Å². The van der Waals surface area contributed by atoms with E-state index in [0.717, 1.165) is 5.56 Å². The minimum atomic E-state index is -0.845. The zero-order valence-corrected chi connectivity index (χ0v) is 11.9. The van der Waals surface area contributed by atoms with Crippen molar-refractivity contribution in [3.63, 3.8) is 0 Å². The molecular weight excluding hydrogens is 288 g/mol. The number of hydrogen-bond donors (Lipinski definition) is 1. The fourth-order valence-electron chi connectivity index (χ4n) is 1.77. The molecule has 4 nitrogen and oxygen atoms in total. The molecule has 0 saturated carbocycles. The summed E-state index contributed by atoms with van der Waals surface area (Å²) >= 11 is 6.01. The average Bonchev–Trinajstić information content (AvgIpc) is 2.52. The first-order valence-corrected chi connectivity index (χ1v) is 6.70. The Balaban J connectivity index is 1.95. The summed E-state index contributed by atoms with van der Waals surface area (Å²) in [5.41, 5.74) is 1.41. The SMILES string of the molecule is N#C[C@@H](NC(=O)OCc1ccccc1)c1ccccc1Cl. The van der Waals surface area contributed by atoms with Crippen LogP contribution in [0.3, 0.4) is 0 Å². The largest absolute Gasteiger partial charge is 0.445 e. The average molecular weight is 301 g/mol. The van der Waals surface area contributed by atoms with Gasteiger partial charge >= 0.3 is 6.09 Å². The molecule has 21 heavy (non-hydrogen) atoms. The molecule has 1 N–H and O–H groups in total. The van der Waals surface area contributed by atoms with Gasteiger partial charge in [0.15, 0.2) is 0 Å². The molecule has 1 amide bonds. The third-order valence-electron chi connectivity index (χ3n) is 2.82. The van der Waals surface area contributed by atoms with Crippen molar-refractivity contribution in [2.45, 2.75) is 12.6 Å². The Labute approximate surface area is 127 Å². The molecular formula is C16H13ClN2O2. The molecule has 0 aliphatic heterocycles. The molecule has 0 spiro atoms. The van der Waals surface area contributed by atoms with Gasteiger partial charge in [0.05, 0.1) is 6.07 Å². The van der Waals surface area contributed by atoms with E-state index in [9.17, 15) is 4.79 Å². The number of alkyl carbamates (subject to hydrolysis) is 1. The molecule has 2 aromatic rings. The summed E-state index contributed by atoms with van der Waals surface area (Å²) in [6.45, 7) is 0.146. The van der Waals surface area contributed by atoms with Crippen molar-refractivity contribution in [3.05, 3.63) is 70.7 Å². The second-order valence-corrected chi connectivity index (χ2v) is 4.70. The van der Waals surface area contributed by atoms with Crippen molar-refractivity contribution in [2.24, 2.45) is 0 Å². The number of carbonyl (C=O) groups excluding carboxylic acids is 1. The highest BCUT2D eigenvalue weighted by Gasteiger charge is 2.17. The highest BCUT2D eigenvalue weighted by Crippen LogP contribution is 2.22. The quantitative estimate of drug-likeness (QED) is 0.933. The Hall–Kier alpha value is -2.51. The molecule has 0 aromatic heterocycles. The normalized spacial score (nSPS) is 11.2. The number of nitrogens with one attached hydrogen (secondary N) is 1. The van der Waals surface area contributed by atoms with Crippen LogP contribution < -0.4 is 5.32 Å². The summed E-state index contributed by atoms with van der Waals surface area (Å²) in [5, 5.41) is 12.1. The Kier molecular flexibility index (Phi) is 5.19. The number of amides is 1. The van der Waals surface area contributed by atoms with Crippen LogP contribution in [0.4, 0.5) is 4.79 Å². The highest BCUT2D eigenvalue weighted by atomic mass is 35.5. The van der Waals surface area contributed by atoms with Crippen LogP contribution in [-0.4, -0.2) is 6.09 Å². The van der Waals surface area contributed by atoms with Crippen LogP contribution in [0.15, 0.2) is 54.6 Å². The number of nitriles is 1. The van der Waals surface area contributed by atoms with Gasteiger partial charge in [0.25, 0.3) is 0 Å². The van der Waals surface area contributed by atoms with Gasteiger partial charge in [-0.3, -0.25) is 0 Å². The van der Waals surface area contributed by atoms with E-state index >= 15 is 0 Å². The van der Waals surface area contributed by atoms with Gasteiger partial charge in [-0.2, -0.15) is 5.26 Å². The number of nitrogens with zero attached hydrogens (tertiary/aromatic N) is 1. The second-order valence-electron chi connectivity index (χ2n) is 4.29.